The number of alkyl halides is 3. The maximum absolute atomic E-state index is 12.9. The number of hydrogen-bond acceptors (Lipinski definition) is 3. The number of hydrogen-bond donors (Lipinski definition) is 1. The van der Waals surface area contributed by atoms with Crippen molar-refractivity contribution in [3.63, 3.8) is 0 Å². The van der Waals surface area contributed by atoms with E-state index < -0.39 is 21.8 Å². The minimum atomic E-state index is -4.59. The van der Waals surface area contributed by atoms with Crippen LogP contribution in [0.1, 0.15) is 23.2 Å². The maximum Gasteiger partial charge on any atom is 0.416 e. The summed E-state index contributed by atoms with van der Waals surface area (Å²) in [5.74, 6) is -0.158. The van der Waals surface area contributed by atoms with Crippen molar-refractivity contribution in [2.24, 2.45) is 5.92 Å². The van der Waals surface area contributed by atoms with Crippen LogP contribution in [0.5, 0.6) is 0 Å². The van der Waals surface area contributed by atoms with Crippen LogP contribution in [-0.2, 0) is 16.2 Å². The average Bonchev–Trinajstić information content (AvgIpc) is 3.40. The van der Waals surface area contributed by atoms with Crippen molar-refractivity contribution < 1.29 is 26.4 Å². The minimum absolute atomic E-state index is 0.0578. The smallest absolute Gasteiger partial charge is 0.287 e. The summed E-state index contributed by atoms with van der Waals surface area (Å²) in [6, 6.07) is 8.55. The van der Waals surface area contributed by atoms with Crippen LogP contribution < -0.4 is 4.72 Å². The summed E-state index contributed by atoms with van der Waals surface area (Å²) in [6.07, 6.45) is -1.39. The number of sulfonamides is 1. The lowest BCUT2D eigenvalue weighted by Gasteiger charge is -2.13. The fourth-order valence-electron chi connectivity index (χ4n) is 3.03. The third-order valence-electron chi connectivity index (χ3n) is 4.64. The predicted molar refractivity (Wildman–Crippen MR) is 105 cm³/mol. The summed E-state index contributed by atoms with van der Waals surface area (Å²) in [4.78, 5) is 12.3. The van der Waals surface area contributed by atoms with Crippen molar-refractivity contribution in [3.05, 3.63) is 58.7 Å². The molecule has 1 aliphatic rings. The molecule has 4 rings (SSSR count). The van der Waals surface area contributed by atoms with E-state index in [4.69, 9.17) is 0 Å². The van der Waals surface area contributed by atoms with Gasteiger partial charge in [-0.15, -0.1) is 0 Å². The lowest BCUT2D eigenvalue weighted by atomic mass is 10.2. The highest BCUT2D eigenvalue weighted by Crippen LogP contribution is 2.35. The molecule has 1 fully saturated rings. The summed E-state index contributed by atoms with van der Waals surface area (Å²) in [5.41, 5.74) is -0.748. The van der Waals surface area contributed by atoms with Gasteiger partial charge in [-0.3, -0.25) is 14.1 Å². The molecule has 29 heavy (non-hydrogen) atoms. The van der Waals surface area contributed by atoms with E-state index in [-0.39, 0.29) is 26.9 Å². The largest absolute Gasteiger partial charge is 0.416 e. The summed E-state index contributed by atoms with van der Waals surface area (Å²) in [6.45, 7) is 0. The Morgan fingerprint density at radius 1 is 1.14 bits per heavy atom. The molecule has 1 aliphatic carbocycles. The molecule has 152 valence electrons. The number of nitrogens with zero attached hydrogens (tertiary/aromatic N) is 1. The highest BCUT2D eigenvalue weighted by molar-refractivity contribution is 9.10. The minimum Gasteiger partial charge on any atom is -0.287 e. The van der Waals surface area contributed by atoms with Gasteiger partial charge in [-0.05, 0) is 65.2 Å². The van der Waals surface area contributed by atoms with E-state index in [2.05, 4.69) is 20.7 Å². The lowest BCUT2D eigenvalue weighted by molar-refractivity contribution is -0.137. The first-order valence-electron chi connectivity index (χ1n) is 8.61. The number of fused-ring (bicyclic) bond motifs is 1. The summed E-state index contributed by atoms with van der Waals surface area (Å²) < 4.78 is 68.2. The Balaban J connectivity index is 1.74. The number of halogens is 4. The predicted octanol–water partition coefficient (Wildman–Crippen LogP) is 5.27. The summed E-state index contributed by atoms with van der Waals surface area (Å²) in [5, 5.41) is 0.670. The number of anilines is 1. The molecule has 0 amide bonds. The van der Waals surface area contributed by atoms with Gasteiger partial charge >= 0.3 is 6.18 Å². The first kappa shape index (κ1) is 20.0. The number of nitrogens with one attached hydrogen (secondary N) is 1. The molecule has 5 nitrogen and oxygen atoms in total. The molecule has 0 spiro atoms. The van der Waals surface area contributed by atoms with Crippen LogP contribution in [0.4, 0.5) is 18.9 Å². The molecule has 1 aromatic heterocycles. The lowest BCUT2D eigenvalue weighted by Crippen LogP contribution is -2.15. The second kappa shape index (κ2) is 6.88. The van der Waals surface area contributed by atoms with Gasteiger partial charge in [0, 0.05) is 27.7 Å². The normalized spacial score (nSPS) is 14.9. The second-order valence-electron chi connectivity index (χ2n) is 6.82. The zero-order valence-electron chi connectivity index (χ0n) is 14.7. The Morgan fingerprint density at radius 2 is 1.86 bits per heavy atom. The summed E-state index contributed by atoms with van der Waals surface area (Å²) in [7, 11) is -4.21. The standard InChI is InChI=1S/C19H14BrF3N2O3S/c20-15-8-12-6-7-25(18(26)11-4-5-11)16(12)10-17(15)29(27,28)24-14-3-1-2-13(9-14)19(21,22)23/h1-3,6-11,24H,4-5H2. The highest BCUT2D eigenvalue weighted by atomic mass is 79.9. The van der Waals surface area contributed by atoms with Gasteiger partial charge in [0.15, 0.2) is 0 Å². The SMILES string of the molecule is O=C(C1CC1)n1ccc2cc(Br)c(S(=O)(=O)Nc3cccc(C(F)(F)F)c3)cc21. The number of carbonyl (C=O) groups is 1. The Kier molecular flexibility index (Phi) is 4.73. The zero-order valence-corrected chi connectivity index (χ0v) is 17.1. The highest BCUT2D eigenvalue weighted by Gasteiger charge is 2.32. The van der Waals surface area contributed by atoms with Gasteiger partial charge in [-0.1, -0.05) is 6.07 Å². The van der Waals surface area contributed by atoms with Gasteiger partial charge in [0.25, 0.3) is 10.0 Å². The monoisotopic (exact) mass is 486 g/mol. The molecule has 0 aliphatic heterocycles. The fourth-order valence-corrected chi connectivity index (χ4v) is 5.16. The zero-order chi connectivity index (χ0) is 21.0. The Morgan fingerprint density at radius 3 is 2.52 bits per heavy atom. The van der Waals surface area contributed by atoms with Gasteiger partial charge in [0.05, 0.1) is 11.1 Å². The molecular weight excluding hydrogens is 473 g/mol. The quantitative estimate of drug-likeness (QED) is 0.545. The molecule has 3 aromatic rings. The van der Waals surface area contributed by atoms with E-state index in [0.717, 1.165) is 31.0 Å². The maximum atomic E-state index is 12.9. The van der Waals surface area contributed by atoms with Crippen molar-refractivity contribution in [2.45, 2.75) is 23.9 Å². The van der Waals surface area contributed by atoms with Crippen molar-refractivity contribution in [1.82, 2.24) is 4.57 Å². The van der Waals surface area contributed by atoms with Crippen LogP contribution in [0.3, 0.4) is 0 Å². The molecule has 0 radical (unpaired) electrons. The van der Waals surface area contributed by atoms with Gasteiger partial charge in [0.2, 0.25) is 5.91 Å². The van der Waals surface area contributed by atoms with Crippen LogP contribution >= 0.6 is 15.9 Å². The van der Waals surface area contributed by atoms with E-state index in [1.807, 2.05) is 0 Å². The molecule has 1 heterocycles. The Hall–Kier alpha value is -2.33. The van der Waals surface area contributed by atoms with Gasteiger partial charge < -0.3 is 0 Å². The average molecular weight is 487 g/mol. The number of rotatable bonds is 4. The molecule has 2 aromatic carbocycles. The van der Waals surface area contributed by atoms with E-state index in [0.29, 0.717) is 10.9 Å². The second-order valence-corrected chi connectivity index (χ2v) is 9.33. The van der Waals surface area contributed by atoms with Crippen LogP contribution in [0, 0.1) is 5.92 Å². The third-order valence-corrected chi connectivity index (χ3v) is 6.98. The molecule has 0 unspecified atom stereocenters. The molecule has 1 N–H and O–H groups in total. The molecule has 10 heteroatoms. The molecule has 0 atom stereocenters. The fraction of sp³-hybridized carbons (Fsp3) is 0.211. The van der Waals surface area contributed by atoms with E-state index in [1.54, 1.807) is 18.3 Å². The molecule has 1 saturated carbocycles. The van der Waals surface area contributed by atoms with Crippen molar-refractivity contribution in [1.29, 1.82) is 0 Å². The molecular formula is C19H14BrF3N2O3S. The first-order chi connectivity index (χ1) is 13.6. The van der Waals surface area contributed by atoms with Crippen LogP contribution in [0.2, 0.25) is 0 Å². The van der Waals surface area contributed by atoms with Crippen molar-refractivity contribution in [2.75, 3.05) is 4.72 Å². The summed E-state index contributed by atoms with van der Waals surface area (Å²) >= 11 is 3.21. The van der Waals surface area contributed by atoms with Crippen molar-refractivity contribution in [3.8, 4) is 0 Å². The number of aromatic nitrogens is 1. The van der Waals surface area contributed by atoms with Crippen molar-refractivity contribution >= 4 is 48.5 Å². The van der Waals surface area contributed by atoms with E-state index in [1.165, 1.54) is 16.7 Å². The number of carbonyl (C=O) groups excluding carboxylic acids is 1. The van der Waals surface area contributed by atoms with E-state index >= 15 is 0 Å². The van der Waals surface area contributed by atoms with Gasteiger partial charge in [0.1, 0.15) is 4.90 Å². The molecule has 0 bridgehead atoms. The first-order valence-corrected chi connectivity index (χ1v) is 10.9. The van der Waals surface area contributed by atoms with E-state index in [9.17, 15) is 26.4 Å². The van der Waals surface area contributed by atoms with Gasteiger partial charge in [-0.25, -0.2) is 8.42 Å². The number of benzene rings is 2. The van der Waals surface area contributed by atoms with Crippen LogP contribution in [0.25, 0.3) is 10.9 Å². The Bertz CT molecular complexity index is 1230. The molecule has 0 saturated heterocycles. The van der Waals surface area contributed by atoms with Crippen LogP contribution in [0.15, 0.2) is 58.0 Å². The topological polar surface area (TPSA) is 68.2 Å². The van der Waals surface area contributed by atoms with Crippen LogP contribution in [-0.4, -0.2) is 18.9 Å². The van der Waals surface area contributed by atoms with Gasteiger partial charge in [-0.2, -0.15) is 13.2 Å². The Labute approximate surface area is 172 Å². The third kappa shape index (κ3) is 3.91.